The SMILES string of the molecule is O=C1CCc2cc(C(=O)Nc3ccn(C4O[C@H](CO)[C@@H](O)C4(F)F)c(=O)n3)ccc2N1. The minimum atomic E-state index is -3.83. The van der Waals surface area contributed by atoms with Crippen LogP contribution < -0.4 is 16.3 Å². The monoisotopic (exact) mass is 436 g/mol. The highest BCUT2D eigenvalue weighted by atomic mass is 19.3. The lowest BCUT2D eigenvalue weighted by Gasteiger charge is -2.21. The molecule has 1 unspecified atom stereocenters. The fraction of sp³-hybridized carbons (Fsp3) is 0.368. The number of alkyl halides is 2. The van der Waals surface area contributed by atoms with Crippen LogP contribution in [0.1, 0.15) is 28.6 Å². The van der Waals surface area contributed by atoms with Gasteiger partial charge in [-0.25, -0.2) is 4.79 Å². The molecule has 1 saturated heterocycles. The topological polar surface area (TPSA) is 143 Å². The van der Waals surface area contributed by atoms with Gasteiger partial charge in [-0.1, -0.05) is 0 Å². The van der Waals surface area contributed by atoms with Gasteiger partial charge in [0.1, 0.15) is 11.9 Å². The number of fused-ring (bicyclic) bond motifs is 1. The minimum Gasteiger partial charge on any atom is -0.394 e. The number of rotatable bonds is 4. The lowest BCUT2D eigenvalue weighted by Crippen LogP contribution is -2.41. The van der Waals surface area contributed by atoms with Gasteiger partial charge in [0.2, 0.25) is 12.1 Å². The molecule has 2 aromatic rings. The summed E-state index contributed by atoms with van der Waals surface area (Å²) >= 11 is 0. The molecule has 12 heteroatoms. The van der Waals surface area contributed by atoms with Crippen LogP contribution in [0.3, 0.4) is 0 Å². The Hall–Kier alpha value is -3.22. The molecular formula is C19H18F2N4O6. The van der Waals surface area contributed by atoms with Crippen molar-refractivity contribution in [2.24, 2.45) is 0 Å². The van der Waals surface area contributed by atoms with E-state index in [1.165, 1.54) is 6.07 Å². The Labute approximate surface area is 173 Å². The number of benzene rings is 1. The summed E-state index contributed by atoms with van der Waals surface area (Å²) in [6, 6.07) is 5.82. The second-order valence-electron chi connectivity index (χ2n) is 7.21. The number of amides is 2. The highest BCUT2D eigenvalue weighted by Crippen LogP contribution is 2.42. The van der Waals surface area contributed by atoms with Crippen molar-refractivity contribution in [3.63, 3.8) is 0 Å². The van der Waals surface area contributed by atoms with E-state index in [2.05, 4.69) is 15.6 Å². The van der Waals surface area contributed by atoms with Gasteiger partial charge in [-0.3, -0.25) is 14.2 Å². The first-order valence-electron chi connectivity index (χ1n) is 9.36. The number of aryl methyl sites for hydroxylation is 1. The number of ether oxygens (including phenoxy) is 1. The van der Waals surface area contributed by atoms with Crippen molar-refractivity contribution in [1.29, 1.82) is 0 Å². The first kappa shape index (κ1) is 21.0. The molecule has 0 spiro atoms. The molecule has 1 aromatic heterocycles. The van der Waals surface area contributed by atoms with Crippen LogP contribution in [0.2, 0.25) is 0 Å². The smallest absolute Gasteiger partial charge is 0.351 e. The van der Waals surface area contributed by atoms with Gasteiger partial charge in [0, 0.05) is 23.9 Å². The van der Waals surface area contributed by atoms with E-state index in [9.17, 15) is 28.3 Å². The maximum Gasteiger partial charge on any atom is 0.351 e. The molecule has 2 aliphatic rings. The third-order valence-corrected chi connectivity index (χ3v) is 5.15. The number of aromatic nitrogens is 2. The summed E-state index contributed by atoms with van der Waals surface area (Å²) in [5.41, 5.74) is 0.532. The summed E-state index contributed by atoms with van der Waals surface area (Å²) in [5, 5.41) is 23.8. The summed E-state index contributed by atoms with van der Waals surface area (Å²) in [7, 11) is 0. The second-order valence-corrected chi connectivity index (χ2v) is 7.21. The van der Waals surface area contributed by atoms with E-state index in [0.29, 0.717) is 23.1 Å². The summed E-state index contributed by atoms with van der Waals surface area (Å²) in [5.74, 6) is -4.69. The Morgan fingerprint density at radius 3 is 2.77 bits per heavy atom. The molecule has 31 heavy (non-hydrogen) atoms. The number of nitrogens with one attached hydrogen (secondary N) is 2. The summed E-state index contributed by atoms with van der Waals surface area (Å²) < 4.78 is 33.9. The van der Waals surface area contributed by atoms with Crippen LogP contribution in [0.15, 0.2) is 35.3 Å². The number of aliphatic hydroxyl groups excluding tert-OH is 2. The number of aliphatic hydroxyl groups is 2. The molecule has 0 radical (unpaired) electrons. The van der Waals surface area contributed by atoms with Crippen LogP contribution in [0.4, 0.5) is 20.3 Å². The number of hydrogen-bond donors (Lipinski definition) is 4. The Morgan fingerprint density at radius 1 is 1.32 bits per heavy atom. The van der Waals surface area contributed by atoms with Gasteiger partial charge < -0.3 is 25.6 Å². The second kappa shape index (κ2) is 7.80. The van der Waals surface area contributed by atoms with Crippen molar-refractivity contribution < 1.29 is 33.3 Å². The number of hydrogen-bond acceptors (Lipinski definition) is 7. The van der Waals surface area contributed by atoms with Crippen LogP contribution in [-0.4, -0.2) is 56.3 Å². The van der Waals surface area contributed by atoms with Gasteiger partial charge in [-0.2, -0.15) is 13.8 Å². The number of anilines is 2. The molecule has 1 fully saturated rings. The molecule has 2 amide bonds. The van der Waals surface area contributed by atoms with Crippen molar-refractivity contribution >= 4 is 23.3 Å². The van der Waals surface area contributed by atoms with E-state index in [0.717, 1.165) is 17.8 Å². The molecule has 3 heterocycles. The van der Waals surface area contributed by atoms with Crippen molar-refractivity contribution in [2.75, 3.05) is 17.2 Å². The average Bonchev–Trinajstić information content (AvgIpc) is 2.96. The lowest BCUT2D eigenvalue weighted by molar-refractivity contribution is -0.140. The first-order chi connectivity index (χ1) is 14.7. The van der Waals surface area contributed by atoms with E-state index in [4.69, 9.17) is 9.84 Å². The van der Waals surface area contributed by atoms with E-state index >= 15 is 0 Å². The Morgan fingerprint density at radius 2 is 2.10 bits per heavy atom. The number of halogens is 2. The molecule has 0 bridgehead atoms. The molecule has 0 aliphatic carbocycles. The molecule has 2 aliphatic heterocycles. The highest BCUT2D eigenvalue weighted by Gasteiger charge is 2.59. The summed E-state index contributed by atoms with van der Waals surface area (Å²) in [4.78, 5) is 39.8. The van der Waals surface area contributed by atoms with E-state index in [1.807, 2.05) is 0 Å². The quantitative estimate of drug-likeness (QED) is 0.539. The number of nitrogens with zero attached hydrogens (tertiary/aromatic N) is 2. The fourth-order valence-electron chi connectivity index (χ4n) is 3.49. The third-order valence-electron chi connectivity index (χ3n) is 5.15. The van der Waals surface area contributed by atoms with Gasteiger partial charge in [-0.05, 0) is 36.2 Å². The van der Waals surface area contributed by atoms with Gasteiger partial charge in [0.05, 0.1) is 6.61 Å². The third kappa shape index (κ3) is 3.80. The Kier molecular flexibility index (Phi) is 5.29. The lowest BCUT2D eigenvalue weighted by atomic mass is 10.00. The van der Waals surface area contributed by atoms with E-state index < -0.39 is 42.6 Å². The molecule has 164 valence electrons. The predicted molar refractivity (Wildman–Crippen MR) is 102 cm³/mol. The molecule has 4 N–H and O–H groups in total. The molecule has 10 nitrogen and oxygen atoms in total. The fourth-order valence-corrected chi connectivity index (χ4v) is 3.49. The number of carbonyl (C=O) groups is 2. The Bertz CT molecular complexity index is 1110. The van der Waals surface area contributed by atoms with Crippen molar-refractivity contribution in [3.05, 3.63) is 52.1 Å². The summed E-state index contributed by atoms with van der Waals surface area (Å²) in [6.07, 6.45) is -4.26. The zero-order valence-corrected chi connectivity index (χ0v) is 15.9. The minimum absolute atomic E-state index is 0.107. The van der Waals surface area contributed by atoms with Crippen LogP contribution in [0.5, 0.6) is 0 Å². The van der Waals surface area contributed by atoms with Crippen LogP contribution >= 0.6 is 0 Å². The normalized spacial score (nSPS) is 24.4. The zero-order chi connectivity index (χ0) is 22.3. The average molecular weight is 436 g/mol. The standard InChI is InChI=1S/C19H18F2N4O6/c20-19(21)15(28)12(8-26)31-17(19)25-6-5-13(24-18(25)30)23-16(29)10-1-3-11-9(7-10)2-4-14(27)22-11/h1,3,5-7,12,15,17,26,28H,2,4,8H2,(H,22,27)(H,23,24,29,30)/t12-,15-,17?/m1/s1. The molecule has 0 saturated carbocycles. The molecular weight excluding hydrogens is 418 g/mol. The first-order valence-corrected chi connectivity index (χ1v) is 9.36. The zero-order valence-electron chi connectivity index (χ0n) is 15.9. The maximum absolute atomic E-state index is 14.2. The van der Waals surface area contributed by atoms with Crippen molar-refractivity contribution in [3.8, 4) is 0 Å². The summed E-state index contributed by atoms with van der Waals surface area (Å²) in [6.45, 7) is -0.853. The molecule has 1 aromatic carbocycles. The van der Waals surface area contributed by atoms with E-state index in [-0.39, 0.29) is 17.3 Å². The van der Waals surface area contributed by atoms with Gasteiger partial charge in [-0.15, -0.1) is 0 Å². The van der Waals surface area contributed by atoms with E-state index in [1.54, 1.807) is 12.1 Å². The molecule has 4 rings (SSSR count). The Balaban J connectivity index is 1.52. The van der Waals surface area contributed by atoms with Crippen LogP contribution in [0.25, 0.3) is 0 Å². The predicted octanol–water partition coefficient (Wildman–Crippen LogP) is 0.266. The van der Waals surface area contributed by atoms with Gasteiger partial charge in [0.15, 0.2) is 6.10 Å². The largest absolute Gasteiger partial charge is 0.394 e. The van der Waals surface area contributed by atoms with Gasteiger partial charge in [0.25, 0.3) is 5.91 Å². The molecule has 3 atom stereocenters. The van der Waals surface area contributed by atoms with Crippen LogP contribution in [-0.2, 0) is 16.0 Å². The number of carbonyl (C=O) groups excluding carboxylic acids is 2. The van der Waals surface area contributed by atoms with Crippen LogP contribution in [0, 0.1) is 0 Å². The maximum atomic E-state index is 14.2. The van der Waals surface area contributed by atoms with Crippen molar-refractivity contribution in [2.45, 2.75) is 37.2 Å². The van der Waals surface area contributed by atoms with Crippen molar-refractivity contribution in [1.82, 2.24) is 9.55 Å². The highest BCUT2D eigenvalue weighted by molar-refractivity contribution is 6.04. The van der Waals surface area contributed by atoms with Gasteiger partial charge >= 0.3 is 11.6 Å².